The Labute approximate surface area is 98.5 Å². The monoisotopic (exact) mass is 218 g/mol. The van der Waals surface area contributed by atoms with Crippen LogP contribution in [0.1, 0.15) is 44.0 Å². The Kier molecular flexibility index (Phi) is 3.59. The second-order valence-electron chi connectivity index (χ2n) is 5.08. The fourth-order valence-electron chi connectivity index (χ4n) is 2.49. The van der Waals surface area contributed by atoms with Gasteiger partial charge in [0.1, 0.15) is 0 Å². The topological polar surface area (TPSA) is 24.9 Å². The third-order valence-electron chi connectivity index (χ3n) is 3.92. The number of hydrogen-bond acceptors (Lipinski definition) is 2. The maximum atomic E-state index is 4.50. The highest BCUT2D eigenvalue weighted by molar-refractivity contribution is 5.09. The van der Waals surface area contributed by atoms with Crippen molar-refractivity contribution in [1.82, 2.24) is 10.3 Å². The molecular formula is C14H22N2. The van der Waals surface area contributed by atoms with Gasteiger partial charge in [-0.15, -0.1) is 0 Å². The van der Waals surface area contributed by atoms with Crippen LogP contribution in [0.2, 0.25) is 0 Å². The Balaban J connectivity index is 1.79. The molecule has 88 valence electrons. The normalized spacial score (nSPS) is 18.1. The standard InChI is InChI=1S/C14H22N2/c1-3-14(8-5-9-14)11-15-10-13-7-4-6-12(2)16-13/h4,6-7,15H,3,5,8-11H2,1-2H3. The summed E-state index contributed by atoms with van der Waals surface area (Å²) in [7, 11) is 0. The van der Waals surface area contributed by atoms with Crippen molar-refractivity contribution in [3.8, 4) is 0 Å². The van der Waals surface area contributed by atoms with Gasteiger partial charge in [-0.2, -0.15) is 0 Å². The van der Waals surface area contributed by atoms with E-state index in [4.69, 9.17) is 0 Å². The summed E-state index contributed by atoms with van der Waals surface area (Å²) in [4.78, 5) is 4.50. The molecule has 0 atom stereocenters. The maximum Gasteiger partial charge on any atom is 0.0544 e. The largest absolute Gasteiger partial charge is 0.311 e. The van der Waals surface area contributed by atoms with Crippen LogP contribution in [0.3, 0.4) is 0 Å². The summed E-state index contributed by atoms with van der Waals surface area (Å²) in [6.07, 6.45) is 5.52. The molecule has 1 heterocycles. The second-order valence-corrected chi connectivity index (χ2v) is 5.08. The third kappa shape index (κ3) is 2.62. The molecule has 0 radical (unpaired) electrons. The van der Waals surface area contributed by atoms with Crippen LogP contribution >= 0.6 is 0 Å². The van der Waals surface area contributed by atoms with E-state index in [0.29, 0.717) is 5.41 Å². The van der Waals surface area contributed by atoms with Crippen LogP contribution in [0, 0.1) is 12.3 Å². The van der Waals surface area contributed by atoms with Gasteiger partial charge in [-0.05, 0) is 43.7 Å². The van der Waals surface area contributed by atoms with Gasteiger partial charge in [0.15, 0.2) is 0 Å². The Morgan fingerprint density at radius 2 is 2.19 bits per heavy atom. The van der Waals surface area contributed by atoms with Crippen LogP contribution in [0.4, 0.5) is 0 Å². The smallest absolute Gasteiger partial charge is 0.0544 e. The predicted molar refractivity (Wildman–Crippen MR) is 67.3 cm³/mol. The van der Waals surface area contributed by atoms with E-state index >= 15 is 0 Å². The zero-order chi connectivity index (χ0) is 11.4. The SMILES string of the molecule is CCC1(CNCc2cccc(C)n2)CCC1. The Morgan fingerprint density at radius 1 is 1.38 bits per heavy atom. The summed E-state index contributed by atoms with van der Waals surface area (Å²) in [6.45, 7) is 6.41. The molecule has 0 saturated heterocycles. The summed E-state index contributed by atoms with van der Waals surface area (Å²) in [5.41, 5.74) is 2.86. The molecule has 0 aromatic carbocycles. The van der Waals surface area contributed by atoms with Crippen molar-refractivity contribution in [3.63, 3.8) is 0 Å². The van der Waals surface area contributed by atoms with E-state index in [9.17, 15) is 0 Å². The molecule has 16 heavy (non-hydrogen) atoms. The van der Waals surface area contributed by atoms with Crippen molar-refractivity contribution in [2.75, 3.05) is 6.54 Å². The van der Waals surface area contributed by atoms with Crippen LogP contribution in [0.5, 0.6) is 0 Å². The molecule has 0 amide bonds. The fraction of sp³-hybridized carbons (Fsp3) is 0.643. The number of aromatic nitrogens is 1. The summed E-state index contributed by atoms with van der Waals surface area (Å²) >= 11 is 0. The summed E-state index contributed by atoms with van der Waals surface area (Å²) in [5, 5.41) is 3.56. The third-order valence-corrected chi connectivity index (χ3v) is 3.92. The van der Waals surface area contributed by atoms with Gasteiger partial charge in [-0.1, -0.05) is 19.4 Å². The van der Waals surface area contributed by atoms with Gasteiger partial charge in [-0.25, -0.2) is 0 Å². The average Bonchev–Trinajstić information content (AvgIpc) is 2.22. The number of pyridine rings is 1. The molecule has 0 spiro atoms. The van der Waals surface area contributed by atoms with Gasteiger partial charge in [0, 0.05) is 18.8 Å². The minimum Gasteiger partial charge on any atom is -0.311 e. The van der Waals surface area contributed by atoms with Crippen molar-refractivity contribution >= 4 is 0 Å². The molecule has 1 saturated carbocycles. The van der Waals surface area contributed by atoms with Crippen LogP contribution in [0.25, 0.3) is 0 Å². The van der Waals surface area contributed by atoms with Crippen LogP contribution < -0.4 is 5.32 Å². The van der Waals surface area contributed by atoms with Crippen molar-refractivity contribution in [3.05, 3.63) is 29.6 Å². The molecule has 1 aliphatic rings. The summed E-state index contributed by atoms with van der Waals surface area (Å²) < 4.78 is 0. The van der Waals surface area contributed by atoms with Gasteiger partial charge < -0.3 is 5.32 Å². The van der Waals surface area contributed by atoms with Crippen LogP contribution in [-0.2, 0) is 6.54 Å². The van der Waals surface area contributed by atoms with E-state index < -0.39 is 0 Å². The first kappa shape index (κ1) is 11.6. The number of aryl methyl sites for hydroxylation is 1. The number of nitrogens with one attached hydrogen (secondary N) is 1. The molecule has 2 nitrogen and oxygen atoms in total. The highest BCUT2D eigenvalue weighted by atomic mass is 14.9. The van der Waals surface area contributed by atoms with E-state index in [1.165, 1.54) is 25.7 Å². The van der Waals surface area contributed by atoms with Crippen molar-refractivity contribution < 1.29 is 0 Å². The van der Waals surface area contributed by atoms with E-state index in [2.05, 4.69) is 29.4 Å². The van der Waals surface area contributed by atoms with Crippen molar-refractivity contribution in [2.24, 2.45) is 5.41 Å². The van der Waals surface area contributed by atoms with Crippen molar-refractivity contribution in [2.45, 2.75) is 46.1 Å². The van der Waals surface area contributed by atoms with Crippen LogP contribution in [-0.4, -0.2) is 11.5 Å². The van der Waals surface area contributed by atoms with Gasteiger partial charge in [-0.3, -0.25) is 4.98 Å². The lowest BCUT2D eigenvalue weighted by Crippen LogP contribution is -2.39. The second kappa shape index (κ2) is 4.96. The lowest BCUT2D eigenvalue weighted by Gasteiger charge is -2.41. The van der Waals surface area contributed by atoms with E-state index in [1.807, 2.05) is 13.0 Å². The van der Waals surface area contributed by atoms with Gasteiger partial charge in [0.2, 0.25) is 0 Å². The molecule has 1 aromatic heterocycles. The number of hydrogen-bond donors (Lipinski definition) is 1. The first-order chi connectivity index (χ1) is 7.74. The number of rotatable bonds is 5. The Hall–Kier alpha value is -0.890. The van der Waals surface area contributed by atoms with E-state index in [1.54, 1.807) is 0 Å². The zero-order valence-electron chi connectivity index (χ0n) is 10.4. The minimum atomic E-state index is 0.601. The molecule has 1 aromatic rings. The van der Waals surface area contributed by atoms with Gasteiger partial charge >= 0.3 is 0 Å². The summed E-state index contributed by atoms with van der Waals surface area (Å²) in [6, 6.07) is 6.22. The molecule has 0 unspecified atom stereocenters. The molecule has 1 fully saturated rings. The molecule has 2 heteroatoms. The Bertz CT molecular complexity index is 337. The maximum absolute atomic E-state index is 4.50. The molecule has 0 aliphatic heterocycles. The zero-order valence-corrected chi connectivity index (χ0v) is 10.4. The fourth-order valence-corrected chi connectivity index (χ4v) is 2.49. The highest BCUT2D eigenvalue weighted by Crippen LogP contribution is 2.43. The summed E-state index contributed by atoms with van der Waals surface area (Å²) in [5.74, 6) is 0. The van der Waals surface area contributed by atoms with Crippen molar-refractivity contribution in [1.29, 1.82) is 0 Å². The molecule has 2 rings (SSSR count). The van der Waals surface area contributed by atoms with Crippen LogP contribution in [0.15, 0.2) is 18.2 Å². The van der Waals surface area contributed by atoms with Gasteiger partial charge in [0.05, 0.1) is 5.69 Å². The lowest BCUT2D eigenvalue weighted by atomic mass is 9.67. The molecular weight excluding hydrogens is 196 g/mol. The van der Waals surface area contributed by atoms with E-state index in [0.717, 1.165) is 24.5 Å². The molecule has 1 aliphatic carbocycles. The number of nitrogens with zero attached hydrogens (tertiary/aromatic N) is 1. The molecule has 0 bridgehead atoms. The van der Waals surface area contributed by atoms with E-state index in [-0.39, 0.29) is 0 Å². The molecule has 1 N–H and O–H groups in total. The first-order valence-corrected chi connectivity index (χ1v) is 6.37. The Morgan fingerprint density at radius 3 is 2.75 bits per heavy atom. The highest BCUT2D eigenvalue weighted by Gasteiger charge is 2.34. The average molecular weight is 218 g/mol. The quantitative estimate of drug-likeness (QED) is 0.821. The lowest BCUT2D eigenvalue weighted by molar-refractivity contribution is 0.123. The van der Waals surface area contributed by atoms with Gasteiger partial charge in [0.25, 0.3) is 0 Å². The first-order valence-electron chi connectivity index (χ1n) is 6.37. The minimum absolute atomic E-state index is 0.601. The predicted octanol–water partition coefficient (Wildman–Crippen LogP) is 3.06.